The van der Waals surface area contributed by atoms with Crippen molar-refractivity contribution in [1.82, 2.24) is 9.80 Å². The van der Waals surface area contributed by atoms with Crippen molar-refractivity contribution in [3.8, 4) is 0 Å². The molecule has 2 aromatic rings. The molecule has 0 aliphatic carbocycles. The van der Waals surface area contributed by atoms with E-state index in [9.17, 15) is 4.79 Å². The van der Waals surface area contributed by atoms with Crippen molar-refractivity contribution in [1.29, 1.82) is 0 Å². The van der Waals surface area contributed by atoms with Crippen LogP contribution in [0.4, 0.5) is 0 Å². The summed E-state index contributed by atoms with van der Waals surface area (Å²) >= 11 is 1.82. The van der Waals surface area contributed by atoms with Crippen molar-refractivity contribution in [2.24, 2.45) is 5.92 Å². The van der Waals surface area contributed by atoms with Gasteiger partial charge in [-0.25, -0.2) is 0 Å². The van der Waals surface area contributed by atoms with Gasteiger partial charge in [0.25, 0.3) is 0 Å². The third-order valence-electron chi connectivity index (χ3n) is 6.31. The number of carbonyl (C=O) groups is 1. The molecular weight excluding hydrogens is 352 g/mol. The number of hydrogen-bond acceptors (Lipinski definition) is 3. The molecule has 0 bridgehead atoms. The van der Waals surface area contributed by atoms with Crippen LogP contribution in [0.15, 0.2) is 47.8 Å². The second-order valence-corrected chi connectivity index (χ2v) is 9.02. The summed E-state index contributed by atoms with van der Waals surface area (Å²) in [7, 11) is 0. The SMILES string of the molecule is CC(C(=O)N1CCC(Cc2ccccc2)CC1)N1CCCC1c1cccs1. The molecular formula is C23H30N2OS. The van der Waals surface area contributed by atoms with Gasteiger partial charge in [-0.2, -0.15) is 0 Å². The van der Waals surface area contributed by atoms with Crippen molar-refractivity contribution in [2.75, 3.05) is 19.6 Å². The number of nitrogens with zero attached hydrogens (tertiary/aromatic N) is 2. The molecule has 4 rings (SSSR count). The average molecular weight is 383 g/mol. The zero-order chi connectivity index (χ0) is 18.6. The van der Waals surface area contributed by atoms with Gasteiger partial charge in [0, 0.05) is 24.0 Å². The minimum Gasteiger partial charge on any atom is -0.341 e. The molecule has 1 aromatic carbocycles. The Kier molecular flexibility index (Phi) is 5.94. The highest BCUT2D eigenvalue weighted by atomic mass is 32.1. The first-order valence-corrected chi connectivity index (χ1v) is 11.2. The van der Waals surface area contributed by atoms with Gasteiger partial charge in [0.05, 0.1) is 6.04 Å². The normalized spacial score (nSPS) is 22.9. The molecule has 1 aromatic heterocycles. The van der Waals surface area contributed by atoms with Crippen LogP contribution >= 0.6 is 11.3 Å². The zero-order valence-electron chi connectivity index (χ0n) is 16.2. The maximum atomic E-state index is 13.2. The first-order valence-electron chi connectivity index (χ1n) is 10.3. The number of benzene rings is 1. The summed E-state index contributed by atoms with van der Waals surface area (Å²) in [5, 5.41) is 2.15. The number of hydrogen-bond donors (Lipinski definition) is 0. The van der Waals surface area contributed by atoms with E-state index >= 15 is 0 Å². The third-order valence-corrected chi connectivity index (χ3v) is 7.29. The number of rotatable bonds is 5. The highest BCUT2D eigenvalue weighted by Gasteiger charge is 2.36. The summed E-state index contributed by atoms with van der Waals surface area (Å²) in [5.74, 6) is 1.04. The highest BCUT2D eigenvalue weighted by molar-refractivity contribution is 7.10. The van der Waals surface area contributed by atoms with Crippen LogP contribution in [-0.4, -0.2) is 41.4 Å². The second kappa shape index (κ2) is 8.57. The fourth-order valence-corrected chi connectivity index (χ4v) is 5.63. The van der Waals surface area contributed by atoms with Crippen LogP contribution in [0.1, 0.15) is 49.1 Å². The quantitative estimate of drug-likeness (QED) is 0.745. The molecule has 27 heavy (non-hydrogen) atoms. The van der Waals surface area contributed by atoms with Crippen LogP contribution in [0.2, 0.25) is 0 Å². The molecule has 2 aliphatic heterocycles. The minimum atomic E-state index is -0.00901. The summed E-state index contributed by atoms with van der Waals surface area (Å²) in [6.07, 6.45) is 5.77. The molecule has 0 saturated carbocycles. The summed E-state index contributed by atoms with van der Waals surface area (Å²) in [4.78, 5) is 19.1. The van der Waals surface area contributed by atoms with Gasteiger partial charge in [-0.3, -0.25) is 9.69 Å². The maximum Gasteiger partial charge on any atom is 0.239 e. The predicted molar refractivity (Wildman–Crippen MR) is 112 cm³/mol. The number of carbonyl (C=O) groups excluding carboxylic acids is 1. The lowest BCUT2D eigenvalue weighted by Crippen LogP contribution is -2.49. The molecule has 0 spiro atoms. The van der Waals surface area contributed by atoms with Crippen molar-refractivity contribution >= 4 is 17.2 Å². The Morgan fingerprint density at radius 1 is 1.07 bits per heavy atom. The molecule has 0 radical (unpaired) electrons. The fourth-order valence-electron chi connectivity index (χ4n) is 4.75. The van der Waals surface area contributed by atoms with Gasteiger partial charge < -0.3 is 4.90 Å². The largest absolute Gasteiger partial charge is 0.341 e. The monoisotopic (exact) mass is 382 g/mol. The smallest absolute Gasteiger partial charge is 0.239 e. The number of piperidine rings is 1. The minimum absolute atomic E-state index is 0.00901. The van der Waals surface area contributed by atoms with Crippen molar-refractivity contribution in [3.05, 3.63) is 58.3 Å². The molecule has 2 fully saturated rings. The summed E-state index contributed by atoms with van der Waals surface area (Å²) in [5.41, 5.74) is 1.42. The third kappa shape index (κ3) is 4.27. The molecule has 0 N–H and O–H groups in total. The van der Waals surface area contributed by atoms with Crippen LogP contribution in [0.3, 0.4) is 0 Å². The van der Waals surface area contributed by atoms with Gasteiger partial charge >= 0.3 is 0 Å². The molecule has 2 saturated heterocycles. The number of thiophene rings is 1. The van der Waals surface area contributed by atoms with E-state index in [0.717, 1.165) is 38.9 Å². The maximum absolute atomic E-state index is 13.2. The standard InChI is InChI=1S/C23H30N2OS/c1-18(25-13-5-9-21(25)22-10-6-16-27-22)23(26)24-14-11-20(12-15-24)17-19-7-3-2-4-8-19/h2-4,6-8,10,16,18,20-21H,5,9,11-15,17H2,1H3. The lowest BCUT2D eigenvalue weighted by Gasteiger charge is -2.37. The predicted octanol–water partition coefficient (Wildman–Crippen LogP) is 4.75. The molecule has 144 valence electrons. The van der Waals surface area contributed by atoms with Crippen molar-refractivity contribution < 1.29 is 4.79 Å². The lowest BCUT2D eigenvalue weighted by molar-refractivity contribution is -0.138. The Morgan fingerprint density at radius 3 is 2.56 bits per heavy atom. The Hall–Kier alpha value is -1.65. The van der Waals surface area contributed by atoms with E-state index in [1.165, 1.54) is 23.3 Å². The van der Waals surface area contributed by atoms with E-state index in [-0.39, 0.29) is 6.04 Å². The van der Waals surface area contributed by atoms with E-state index < -0.39 is 0 Å². The lowest BCUT2D eigenvalue weighted by atomic mass is 9.90. The van der Waals surface area contributed by atoms with E-state index in [1.807, 2.05) is 11.3 Å². The zero-order valence-corrected chi connectivity index (χ0v) is 17.0. The Labute approximate surface area is 167 Å². The van der Waals surface area contributed by atoms with E-state index in [4.69, 9.17) is 0 Å². The molecule has 2 atom stereocenters. The summed E-state index contributed by atoms with van der Waals surface area (Å²) < 4.78 is 0. The van der Waals surface area contributed by atoms with E-state index in [2.05, 4.69) is 64.6 Å². The summed E-state index contributed by atoms with van der Waals surface area (Å²) in [6, 6.07) is 15.5. The van der Waals surface area contributed by atoms with Gasteiger partial charge in [-0.05, 0) is 68.5 Å². The van der Waals surface area contributed by atoms with Gasteiger partial charge in [0.1, 0.15) is 0 Å². The molecule has 2 aliphatic rings. The van der Waals surface area contributed by atoms with Crippen molar-refractivity contribution in [3.63, 3.8) is 0 Å². The molecule has 1 amide bonds. The van der Waals surface area contributed by atoms with Gasteiger partial charge in [0.2, 0.25) is 5.91 Å². The van der Waals surface area contributed by atoms with E-state index in [1.54, 1.807) is 0 Å². The Balaban J connectivity index is 1.32. The molecule has 4 heteroatoms. The van der Waals surface area contributed by atoms with Crippen LogP contribution in [0.5, 0.6) is 0 Å². The second-order valence-electron chi connectivity index (χ2n) is 8.05. The van der Waals surface area contributed by atoms with Crippen molar-refractivity contribution in [2.45, 2.75) is 51.1 Å². The molecule has 2 unspecified atom stereocenters. The Bertz CT molecular complexity index is 722. The first-order chi connectivity index (χ1) is 13.2. The van der Waals surface area contributed by atoms with Crippen LogP contribution in [0.25, 0.3) is 0 Å². The first kappa shape index (κ1) is 18.7. The van der Waals surface area contributed by atoms with Gasteiger partial charge in [-0.15, -0.1) is 11.3 Å². The average Bonchev–Trinajstić information content (AvgIpc) is 3.40. The number of likely N-dealkylation sites (tertiary alicyclic amines) is 2. The topological polar surface area (TPSA) is 23.6 Å². The van der Waals surface area contributed by atoms with Crippen LogP contribution in [-0.2, 0) is 11.2 Å². The van der Waals surface area contributed by atoms with Gasteiger partial charge in [0.15, 0.2) is 0 Å². The van der Waals surface area contributed by atoms with Gasteiger partial charge in [-0.1, -0.05) is 36.4 Å². The fraction of sp³-hybridized carbons (Fsp3) is 0.522. The number of amides is 1. The molecule has 3 heterocycles. The van der Waals surface area contributed by atoms with Crippen LogP contribution in [0, 0.1) is 5.92 Å². The molecule has 3 nitrogen and oxygen atoms in total. The summed E-state index contributed by atoms with van der Waals surface area (Å²) in [6.45, 7) is 4.99. The van der Waals surface area contributed by atoms with Crippen LogP contribution < -0.4 is 0 Å². The Morgan fingerprint density at radius 2 is 1.85 bits per heavy atom. The van der Waals surface area contributed by atoms with E-state index in [0.29, 0.717) is 17.9 Å². The highest BCUT2D eigenvalue weighted by Crippen LogP contribution is 2.36.